The molecule has 1 fully saturated rings. The average Bonchev–Trinajstić information content (AvgIpc) is 3.28. The molecule has 1 amide bonds. The fourth-order valence-electron chi connectivity index (χ4n) is 2.89. The number of thiazole rings is 1. The van der Waals surface area contributed by atoms with Crippen LogP contribution in [0.4, 0.5) is 5.13 Å². The molecular formula is C18H23N3O2S. The molecule has 0 radical (unpaired) electrons. The van der Waals surface area contributed by atoms with Crippen LogP contribution in [0.2, 0.25) is 0 Å². The van der Waals surface area contributed by atoms with Crippen molar-refractivity contribution in [3.05, 3.63) is 47.0 Å². The van der Waals surface area contributed by atoms with E-state index < -0.39 is 6.10 Å². The first-order valence-corrected chi connectivity index (χ1v) is 9.20. The van der Waals surface area contributed by atoms with Gasteiger partial charge < -0.3 is 15.0 Å². The smallest absolute Gasteiger partial charge is 0.253 e. The van der Waals surface area contributed by atoms with Crippen LogP contribution in [-0.2, 0) is 16.0 Å². The Morgan fingerprint density at radius 2 is 2.08 bits per heavy atom. The summed E-state index contributed by atoms with van der Waals surface area (Å²) in [7, 11) is 1.56. The molecule has 1 saturated heterocycles. The first-order chi connectivity index (χ1) is 11.8. The third-order valence-corrected chi connectivity index (χ3v) is 5.12. The normalized spacial score (nSPS) is 15.5. The van der Waals surface area contributed by atoms with Crippen LogP contribution in [0.1, 0.15) is 30.2 Å². The Morgan fingerprint density at radius 1 is 1.33 bits per heavy atom. The maximum atomic E-state index is 12.3. The van der Waals surface area contributed by atoms with Gasteiger partial charge in [-0.2, -0.15) is 0 Å². The number of carbonyl (C=O) groups excluding carboxylic acids is 1. The number of hydrogen-bond donors (Lipinski definition) is 1. The van der Waals surface area contributed by atoms with Gasteiger partial charge in [0.25, 0.3) is 5.91 Å². The summed E-state index contributed by atoms with van der Waals surface area (Å²) >= 11 is 1.69. The third-order valence-electron chi connectivity index (χ3n) is 4.17. The Bertz CT molecular complexity index is 653. The van der Waals surface area contributed by atoms with E-state index in [1.54, 1.807) is 18.4 Å². The maximum absolute atomic E-state index is 12.3. The fraction of sp³-hybridized carbons (Fsp3) is 0.444. The molecule has 0 bridgehead atoms. The summed E-state index contributed by atoms with van der Waals surface area (Å²) in [5.41, 5.74) is 1.90. The lowest BCUT2D eigenvalue weighted by atomic mass is 10.1. The number of ether oxygens (including phenoxy) is 1. The van der Waals surface area contributed by atoms with Gasteiger partial charge >= 0.3 is 0 Å². The number of hydrogen-bond acceptors (Lipinski definition) is 5. The van der Waals surface area contributed by atoms with E-state index in [9.17, 15) is 4.79 Å². The Hall–Kier alpha value is -1.92. The number of anilines is 1. The molecule has 1 aliphatic rings. The van der Waals surface area contributed by atoms with Crippen LogP contribution in [-0.4, -0.2) is 37.6 Å². The van der Waals surface area contributed by atoms with E-state index in [0.29, 0.717) is 6.54 Å². The Balaban J connectivity index is 1.49. The summed E-state index contributed by atoms with van der Waals surface area (Å²) in [6.07, 6.45) is 2.68. The second-order valence-corrected chi connectivity index (χ2v) is 6.72. The van der Waals surface area contributed by atoms with E-state index in [1.165, 1.54) is 12.8 Å². The topological polar surface area (TPSA) is 54.5 Å². The zero-order valence-corrected chi connectivity index (χ0v) is 14.7. The molecule has 0 aliphatic carbocycles. The number of benzene rings is 1. The summed E-state index contributed by atoms with van der Waals surface area (Å²) in [6, 6.07) is 9.54. The van der Waals surface area contributed by atoms with Crippen LogP contribution < -0.4 is 10.2 Å². The minimum atomic E-state index is -0.568. The van der Waals surface area contributed by atoms with Gasteiger partial charge in [0.05, 0.1) is 5.69 Å². The molecule has 2 heterocycles. The standard InChI is InChI=1S/C18H23N3O2S/c1-23-16(14-7-3-2-4-8-14)17(22)19-10-9-15-13-24-18(20-15)21-11-5-6-12-21/h2-4,7-8,13,16H,5-6,9-12H2,1H3,(H,19,22)/t16-/m1/s1. The van der Waals surface area contributed by atoms with Crippen molar-refractivity contribution in [2.75, 3.05) is 31.6 Å². The van der Waals surface area contributed by atoms with Crippen molar-refractivity contribution >= 4 is 22.4 Å². The molecule has 1 aliphatic heterocycles. The van der Waals surface area contributed by atoms with Gasteiger partial charge in [-0.1, -0.05) is 30.3 Å². The molecule has 0 saturated carbocycles. The van der Waals surface area contributed by atoms with Crippen molar-refractivity contribution in [3.8, 4) is 0 Å². The molecular weight excluding hydrogens is 322 g/mol. The quantitative estimate of drug-likeness (QED) is 0.838. The van der Waals surface area contributed by atoms with Gasteiger partial charge in [0.1, 0.15) is 0 Å². The fourth-order valence-corrected chi connectivity index (χ4v) is 3.81. The van der Waals surface area contributed by atoms with Crippen molar-refractivity contribution in [2.24, 2.45) is 0 Å². The summed E-state index contributed by atoms with van der Waals surface area (Å²) in [5.74, 6) is -0.112. The van der Waals surface area contributed by atoms with Crippen molar-refractivity contribution in [1.82, 2.24) is 10.3 Å². The zero-order valence-electron chi connectivity index (χ0n) is 13.9. The highest BCUT2D eigenvalue weighted by atomic mass is 32.1. The van der Waals surface area contributed by atoms with Crippen molar-refractivity contribution < 1.29 is 9.53 Å². The predicted molar refractivity (Wildman–Crippen MR) is 96.5 cm³/mol. The Morgan fingerprint density at radius 3 is 2.79 bits per heavy atom. The van der Waals surface area contributed by atoms with E-state index in [2.05, 4.69) is 20.6 Å². The molecule has 2 aromatic rings. The summed E-state index contributed by atoms with van der Waals surface area (Å²) < 4.78 is 5.34. The van der Waals surface area contributed by atoms with Gasteiger partial charge in [0.15, 0.2) is 11.2 Å². The first-order valence-electron chi connectivity index (χ1n) is 8.32. The Labute approximate surface area is 146 Å². The molecule has 24 heavy (non-hydrogen) atoms. The molecule has 1 aromatic carbocycles. The largest absolute Gasteiger partial charge is 0.367 e. The lowest BCUT2D eigenvalue weighted by Gasteiger charge is -2.15. The summed E-state index contributed by atoms with van der Waals surface area (Å²) in [6.45, 7) is 2.78. The monoisotopic (exact) mass is 345 g/mol. The lowest BCUT2D eigenvalue weighted by Crippen LogP contribution is -2.32. The van der Waals surface area contributed by atoms with Crippen molar-refractivity contribution in [2.45, 2.75) is 25.4 Å². The van der Waals surface area contributed by atoms with Gasteiger partial charge in [-0.3, -0.25) is 4.79 Å². The van der Waals surface area contributed by atoms with Gasteiger partial charge in [0.2, 0.25) is 0 Å². The second-order valence-electron chi connectivity index (χ2n) is 5.88. The van der Waals surface area contributed by atoms with E-state index in [-0.39, 0.29) is 5.91 Å². The number of aromatic nitrogens is 1. The van der Waals surface area contributed by atoms with Crippen LogP contribution >= 0.6 is 11.3 Å². The molecule has 1 atom stereocenters. The molecule has 0 spiro atoms. The van der Waals surface area contributed by atoms with E-state index in [1.807, 2.05) is 30.3 Å². The minimum absolute atomic E-state index is 0.112. The van der Waals surface area contributed by atoms with E-state index >= 15 is 0 Å². The highest BCUT2D eigenvalue weighted by molar-refractivity contribution is 7.13. The van der Waals surface area contributed by atoms with Gasteiger partial charge in [-0.25, -0.2) is 4.98 Å². The van der Waals surface area contributed by atoms with Gasteiger partial charge in [0, 0.05) is 38.5 Å². The predicted octanol–water partition coefficient (Wildman–Crippen LogP) is 2.79. The van der Waals surface area contributed by atoms with Crippen molar-refractivity contribution in [3.63, 3.8) is 0 Å². The lowest BCUT2D eigenvalue weighted by molar-refractivity contribution is -0.131. The number of nitrogens with one attached hydrogen (secondary N) is 1. The molecule has 1 N–H and O–H groups in total. The van der Waals surface area contributed by atoms with Crippen LogP contribution in [0.5, 0.6) is 0 Å². The van der Waals surface area contributed by atoms with E-state index in [4.69, 9.17) is 4.74 Å². The molecule has 5 nitrogen and oxygen atoms in total. The van der Waals surface area contributed by atoms with Crippen molar-refractivity contribution in [1.29, 1.82) is 0 Å². The molecule has 1 aromatic heterocycles. The van der Waals surface area contributed by atoms with Gasteiger partial charge in [-0.05, 0) is 18.4 Å². The Kier molecular flexibility index (Phi) is 5.82. The van der Waals surface area contributed by atoms with Crippen LogP contribution in [0.15, 0.2) is 35.7 Å². The summed E-state index contributed by atoms with van der Waals surface area (Å²) in [4.78, 5) is 19.3. The highest BCUT2D eigenvalue weighted by Crippen LogP contribution is 2.24. The summed E-state index contributed by atoms with van der Waals surface area (Å²) in [5, 5.41) is 6.14. The number of carbonyl (C=O) groups is 1. The second kappa shape index (κ2) is 8.26. The number of rotatable bonds is 7. The number of nitrogens with zero attached hydrogens (tertiary/aromatic N) is 2. The van der Waals surface area contributed by atoms with E-state index in [0.717, 1.165) is 35.9 Å². The highest BCUT2D eigenvalue weighted by Gasteiger charge is 2.19. The van der Waals surface area contributed by atoms with Crippen LogP contribution in [0.3, 0.4) is 0 Å². The van der Waals surface area contributed by atoms with Crippen LogP contribution in [0.25, 0.3) is 0 Å². The number of methoxy groups -OCH3 is 1. The molecule has 128 valence electrons. The maximum Gasteiger partial charge on any atom is 0.253 e. The molecule has 6 heteroatoms. The molecule has 3 rings (SSSR count). The average molecular weight is 345 g/mol. The number of amides is 1. The molecule has 0 unspecified atom stereocenters. The minimum Gasteiger partial charge on any atom is -0.367 e. The van der Waals surface area contributed by atoms with Gasteiger partial charge in [-0.15, -0.1) is 11.3 Å². The van der Waals surface area contributed by atoms with Crippen LogP contribution in [0, 0.1) is 0 Å². The SMILES string of the molecule is CO[C@@H](C(=O)NCCc1csc(N2CCCC2)n1)c1ccccc1. The zero-order chi connectivity index (χ0) is 16.8. The first kappa shape index (κ1) is 16.9. The third kappa shape index (κ3) is 4.13.